The van der Waals surface area contributed by atoms with Crippen molar-refractivity contribution in [2.75, 3.05) is 18.0 Å². The van der Waals surface area contributed by atoms with Gasteiger partial charge in [-0.1, -0.05) is 0 Å². The first-order valence-corrected chi connectivity index (χ1v) is 12.1. The minimum atomic E-state index is -4.67. The summed E-state index contributed by atoms with van der Waals surface area (Å²) in [7, 11) is -3.83. The number of halogens is 4. The van der Waals surface area contributed by atoms with Gasteiger partial charge in [0.25, 0.3) is 0 Å². The number of aromatic nitrogens is 2. The van der Waals surface area contributed by atoms with Gasteiger partial charge in [0.1, 0.15) is 16.5 Å². The van der Waals surface area contributed by atoms with Crippen LogP contribution in [0.4, 0.5) is 23.4 Å². The first kappa shape index (κ1) is 22.9. The molecular formula is C20H20F4N4O2S2. The number of thiophene rings is 1. The maximum Gasteiger partial charge on any atom is 0.451 e. The molecule has 3 heterocycles. The summed E-state index contributed by atoms with van der Waals surface area (Å²) in [5.74, 6) is -1.49. The molecule has 0 atom stereocenters. The summed E-state index contributed by atoms with van der Waals surface area (Å²) in [6, 6.07) is 4.11. The molecule has 1 fully saturated rings. The van der Waals surface area contributed by atoms with Crippen LogP contribution in [0.1, 0.15) is 29.1 Å². The molecule has 1 aliphatic heterocycles. The van der Waals surface area contributed by atoms with Crippen molar-refractivity contribution < 1.29 is 26.0 Å². The Kier molecular flexibility index (Phi) is 5.88. The fourth-order valence-corrected chi connectivity index (χ4v) is 6.02. The fourth-order valence-electron chi connectivity index (χ4n) is 3.69. The molecule has 3 aromatic rings. The number of anilines is 1. The Labute approximate surface area is 186 Å². The van der Waals surface area contributed by atoms with E-state index in [1.165, 1.54) is 23.5 Å². The minimum Gasteiger partial charge on any atom is -0.356 e. The van der Waals surface area contributed by atoms with E-state index in [1.807, 2.05) is 13.8 Å². The van der Waals surface area contributed by atoms with Crippen LogP contribution in [0.25, 0.3) is 10.2 Å². The summed E-state index contributed by atoms with van der Waals surface area (Å²) in [6.45, 7) is 4.32. The smallest absolute Gasteiger partial charge is 0.356 e. The van der Waals surface area contributed by atoms with Crippen LogP contribution in [0.3, 0.4) is 0 Å². The normalized spacial score (nSPS) is 16.1. The Morgan fingerprint density at radius 1 is 1.09 bits per heavy atom. The van der Waals surface area contributed by atoms with Crippen molar-refractivity contribution in [1.29, 1.82) is 0 Å². The van der Waals surface area contributed by atoms with Crippen molar-refractivity contribution in [3.8, 4) is 0 Å². The van der Waals surface area contributed by atoms with Crippen LogP contribution in [-0.2, 0) is 16.2 Å². The predicted octanol–water partition coefficient (Wildman–Crippen LogP) is 4.41. The van der Waals surface area contributed by atoms with Crippen LogP contribution in [0, 0.1) is 19.7 Å². The van der Waals surface area contributed by atoms with Crippen LogP contribution < -0.4 is 9.62 Å². The van der Waals surface area contributed by atoms with E-state index in [-0.39, 0.29) is 15.5 Å². The first-order chi connectivity index (χ1) is 15.0. The fraction of sp³-hybridized carbons (Fsp3) is 0.400. The quantitative estimate of drug-likeness (QED) is 0.551. The number of nitrogens with zero attached hydrogens (tertiary/aromatic N) is 3. The van der Waals surface area contributed by atoms with E-state index in [0.29, 0.717) is 31.3 Å². The van der Waals surface area contributed by atoms with Gasteiger partial charge in [-0.05, 0) is 56.5 Å². The lowest BCUT2D eigenvalue weighted by Gasteiger charge is -2.33. The second kappa shape index (κ2) is 8.23. The molecular weight excluding hydrogens is 468 g/mol. The third-order valence-electron chi connectivity index (χ3n) is 5.50. The molecule has 1 saturated heterocycles. The molecule has 172 valence electrons. The van der Waals surface area contributed by atoms with Crippen molar-refractivity contribution in [3.63, 3.8) is 0 Å². The lowest BCUT2D eigenvalue weighted by Crippen LogP contribution is -2.45. The number of fused-ring (bicyclic) bond motifs is 1. The predicted molar refractivity (Wildman–Crippen MR) is 114 cm³/mol. The first-order valence-electron chi connectivity index (χ1n) is 9.83. The number of hydrogen-bond donors (Lipinski definition) is 1. The molecule has 0 bridgehead atoms. The Balaban J connectivity index is 1.56. The monoisotopic (exact) mass is 488 g/mol. The van der Waals surface area contributed by atoms with Crippen molar-refractivity contribution in [3.05, 3.63) is 46.3 Å². The van der Waals surface area contributed by atoms with E-state index in [9.17, 15) is 26.0 Å². The van der Waals surface area contributed by atoms with E-state index in [0.717, 1.165) is 22.6 Å². The van der Waals surface area contributed by atoms with Gasteiger partial charge in [-0.15, -0.1) is 11.3 Å². The number of aryl methyl sites for hydroxylation is 2. The molecule has 32 heavy (non-hydrogen) atoms. The molecule has 12 heteroatoms. The average Bonchev–Trinajstić information content (AvgIpc) is 3.01. The summed E-state index contributed by atoms with van der Waals surface area (Å²) in [5.41, 5.74) is 0.841. The molecule has 0 radical (unpaired) electrons. The van der Waals surface area contributed by atoms with Gasteiger partial charge in [-0.25, -0.2) is 27.5 Å². The van der Waals surface area contributed by atoms with E-state index in [4.69, 9.17) is 0 Å². The summed E-state index contributed by atoms with van der Waals surface area (Å²) >= 11 is 1.20. The largest absolute Gasteiger partial charge is 0.451 e. The number of benzene rings is 1. The van der Waals surface area contributed by atoms with E-state index in [2.05, 4.69) is 14.7 Å². The Morgan fingerprint density at radius 3 is 2.31 bits per heavy atom. The summed E-state index contributed by atoms with van der Waals surface area (Å²) in [6.07, 6.45) is -3.90. The van der Waals surface area contributed by atoms with Crippen LogP contribution in [0.15, 0.2) is 29.2 Å². The summed E-state index contributed by atoms with van der Waals surface area (Å²) in [5, 5.41) is 0.603. The number of piperidine rings is 1. The van der Waals surface area contributed by atoms with Gasteiger partial charge >= 0.3 is 6.18 Å². The highest BCUT2D eigenvalue weighted by atomic mass is 32.2. The lowest BCUT2D eigenvalue weighted by atomic mass is 10.1. The third-order valence-corrected chi connectivity index (χ3v) is 8.14. The minimum absolute atomic E-state index is 0.0435. The van der Waals surface area contributed by atoms with Gasteiger partial charge in [0.15, 0.2) is 0 Å². The number of hydrogen-bond acceptors (Lipinski definition) is 6. The average molecular weight is 489 g/mol. The van der Waals surface area contributed by atoms with Crippen molar-refractivity contribution >= 4 is 37.4 Å². The molecule has 1 N–H and O–H groups in total. The zero-order valence-electron chi connectivity index (χ0n) is 17.2. The third kappa shape index (κ3) is 4.44. The van der Waals surface area contributed by atoms with Crippen LogP contribution in [0.2, 0.25) is 0 Å². The summed E-state index contributed by atoms with van der Waals surface area (Å²) < 4.78 is 80.9. The maximum absolute atomic E-state index is 13.4. The van der Waals surface area contributed by atoms with E-state index in [1.54, 1.807) is 4.90 Å². The van der Waals surface area contributed by atoms with Gasteiger partial charge in [0, 0.05) is 24.0 Å². The highest BCUT2D eigenvalue weighted by Gasteiger charge is 2.37. The van der Waals surface area contributed by atoms with Crippen LogP contribution in [0.5, 0.6) is 0 Å². The molecule has 0 saturated carbocycles. The van der Waals surface area contributed by atoms with E-state index >= 15 is 0 Å². The van der Waals surface area contributed by atoms with Crippen LogP contribution in [-0.4, -0.2) is 37.5 Å². The van der Waals surface area contributed by atoms with Crippen LogP contribution >= 0.6 is 11.3 Å². The van der Waals surface area contributed by atoms with E-state index < -0.39 is 33.9 Å². The maximum atomic E-state index is 13.4. The van der Waals surface area contributed by atoms with Crippen molar-refractivity contribution in [2.45, 2.75) is 43.8 Å². The number of sulfonamides is 1. The van der Waals surface area contributed by atoms with Gasteiger partial charge in [-0.2, -0.15) is 13.2 Å². The highest BCUT2D eigenvalue weighted by molar-refractivity contribution is 7.89. The second-order valence-electron chi connectivity index (χ2n) is 7.67. The molecule has 0 aliphatic carbocycles. The molecule has 2 aromatic heterocycles. The summed E-state index contributed by atoms with van der Waals surface area (Å²) in [4.78, 5) is 10.4. The molecule has 1 aromatic carbocycles. The molecule has 0 amide bonds. The van der Waals surface area contributed by atoms with Gasteiger partial charge in [-0.3, -0.25) is 0 Å². The SMILES string of the molecule is Cc1sc2nc(C(F)(F)F)nc(N3CCC(NS(=O)(=O)c4ccc(F)cc4)CC3)c2c1C. The molecule has 0 unspecified atom stereocenters. The van der Waals surface area contributed by atoms with Gasteiger partial charge in [0.2, 0.25) is 15.8 Å². The molecule has 0 spiro atoms. The van der Waals surface area contributed by atoms with Crippen molar-refractivity contribution in [1.82, 2.24) is 14.7 Å². The molecule has 1 aliphatic rings. The highest BCUT2D eigenvalue weighted by Crippen LogP contribution is 2.38. The van der Waals surface area contributed by atoms with Gasteiger partial charge < -0.3 is 4.90 Å². The zero-order valence-corrected chi connectivity index (χ0v) is 18.8. The molecule has 6 nitrogen and oxygen atoms in total. The van der Waals surface area contributed by atoms with Gasteiger partial charge in [0.05, 0.1) is 10.3 Å². The second-order valence-corrected chi connectivity index (χ2v) is 10.6. The molecule has 4 rings (SSSR count). The Bertz CT molecular complexity index is 1250. The lowest BCUT2D eigenvalue weighted by molar-refractivity contribution is -0.144. The number of alkyl halides is 3. The number of rotatable bonds is 4. The van der Waals surface area contributed by atoms with Crippen molar-refractivity contribution in [2.24, 2.45) is 0 Å². The standard InChI is InChI=1S/C20H20F4N4O2S2/c1-11-12(2)31-18-16(11)17(25-19(26-18)20(22,23)24)28-9-7-14(8-10-28)27-32(29,30)15-5-3-13(21)4-6-15/h3-6,14,27H,7-10H2,1-2H3. The Hall–Kier alpha value is -2.31. The Morgan fingerprint density at radius 2 is 1.72 bits per heavy atom. The number of nitrogens with one attached hydrogen (secondary N) is 1. The zero-order chi connectivity index (χ0) is 23.3. The topological polar surface area (TPSA) is 75.2 Å².